The molecule has 1 heterocycles. The van der Waals surface area contributed by atoms with E-state index in [1.54, 1.807) is 7.11 Å². The Kier molecular flexibility index (Phi) is 3.90. The predicted molar refractivity (Wildman–Crippen MR) is 55.4 cm³/mol. The highest BCUT2D eigenvalue weighted by molar-refractivity contribution is 6.30. The molecule has 0 saturated heterocycles. The number of halogens is 1. The molecule has 1 rings (SSSR count). The van der Waals surface area contributed by atoms with E-state index in [0.717, 1.165) is 23.8 Å². The lowest BCUT2D eigenvalue weighted by Gasteiger charge is -2.08. The zero-order chi connectivity index (χ0) is 9.68. The zero-order valence-electron chi connectivity index (χ0n) is 7.96. The topological polar surface area (TPSA) is 12.5 Å². The molecule has 2 nitrogen and oxygen atoms in total. The summed E-state index contributed by atoms with van der Waals surface area (Å²) < 4.78 is 5.14. The number of rotatable bonds is 1. The van der Waals surface area contributed by atoms with Gasteiger partial charge < -0.3 is 9.64 Å². The van der Waals surface area contributed by atoms with Crippen LogP contribution in [0.3, 0.4) is 0 Å². The standard InChI is InChI=1S/C10H14ClNO/c1-12-7-3-5-9(11)10(13-2)6-4-8-12/h3-4,6-7H,5,8H2,1-2H3/b6-4?,7-3-,10-9?. The fourth-order valence-electron chi connectivity index (χ4n) is 1.09. The molecular formula is C10H14ClNO. The number of hydrogen-bond donors (Lipinski definition) is 0. The van der Waals surface area contributed by atoms with Gasteiger partial charge in [-0.25, -0.2) is 0 Å². The lowest BCUT2D eigenvalue weighted by atomic mass is 10.3. The lowest BCUT2D eigenvalue weighted by molar-refractivity contribution is 0.304. The Labute approximate surface area is 84.1 Å². The molecule has 13 heavy (non-hydrogen) atoms. The molecule has 0 fully saturated rings. The van der Waals surface area contributed by atoms with Gasteiger partial charge in [0, 0.05) is 20.0 Å². The summed E-state index contributed by atoms with van der Waals surface area (Å²) in [6, 6.07) is 0. The first-order valence-corrected chi connectivity index (χ1v) is 4.58. The summed E-state index contributed by atoms with van der Waals surface area (Å²) in [5.41, 5.74) is 0. The van der Waals surface area contributed by atoms with Gasteiger partial charge in [0.05, 0.1) is 12.1 Å². The first kappa shape index (κ1) is 10.2. The number of likely N-dealkylation sites (N-methyl/N-ethyl adjacent to an activating group) is 1. The van der Waals surface area contributed by atoms with Gasteiger partial charge in [-0.1, -0.05) is 23.8 Å². The van der Waals surface area contributed by atoms with Gasteiger partial charge in [-0.05, 0) is 12.3 Å². The van der Waals surface area contributed by atoms with Crippen LogP contribution >= 0.6 is 11.6 Å². The van der Waals surface area contributed by atoms with Gasteiger partial charge in [0.2, 0.25) is 0 Å². The molecule has 0 radical (unpaired) electrons. The minimum atomic E-state index is 0.722. The summed E-state index contributed by atoms with van der Waals surface area (Å²) in [5, 5.41) is 0.741. The molecule has 1 aliphatic heterocycles. The zero-order valence-corrected chi connectivity index (χ0v) is 8.71. The van der Waals surface area contributed by atoms with Crippen molar-refractivity contribution >= 4 is 11.6 Å². The fraction of sp³-hybridized carbons (Fsp3) is 0.400. The van der Waals surface area contributed by atoms with E-state index in [1.165, 1.54) is 0 Å². The van der Waals surface area contributed by atoms with Crippen molar-refractivity contribution in [3.05, 3.63) is 35.2 Å². The molecule has 0 aromatic rings. The molecule has 0 saturated carbocycles. The molecule has 0 aromatic carbocycles. The van der Waals surface area contributed by atoms with E-state index >= 15 is 0 Å². The normalized spacial score (nSPS) is 20.7. The van der Waals surface area contributed by atoms with Crippen molar-refractivity contribution in [3.8, 4) is 0 Å². The summed E-state index contributed by atoms with van der Waals surface area (Å²) in [5.74, 6) is 0.751. The Morgan fingerprint density at radius 3 is 2.92 bits per heavy atom. The van der Waals surface area contributed by atoms with Crippen molar-refractivity contribution in [2.24, 2.45) is 0 Å². The molecule has 0 amide bonds. The second-order valence-corrected chi connectivity index (χ2v) is 3.36. The van der Waals surface area contributed by atoms with E-state index in [2.05, 4.69) is 4.90 Å². The SMILES string of the molecule is COC1=C(Cl)C/C=C\N(C)CC=C1. The van der Waals surface area contributed by atoms with E-state index in [9.17, 15) is 0 Å². The molecule has 0 spiro atoms. The lowest BCUT2D eigenvalue weighted by Crippen LogP contribution is -2.09. The number of hydrogen-bond acceptors (Lipinski definition) is 2. The Hall–Kier alpha value is -0.890. The highest BCUT2D eigenvalue weighted by atomic mass is 35.5. The number of methoxy groups -OCH3 is 1. The van der Waals surface area contributed by atoms with Crippen molar-refractivity contribution < 1.29 is 4.74 Å². The Morgan fingerprint density at radius 1 is 1.46 bits per heavy atom. The van der Waals surface area contributed by atoms with E-state index in [0.29, 0.717) is 0 Å². The fourth-order valence-corrected chi connectivity index (χ4v) is 1.32. The van der Waals surface area contributed by atoms with Crippen LogP contribution in [0, 0.1) is 0 Å². The maximum atomic E-state index is 6.01. The maximum absolute atomic E-state index is 6.01. The van der Waals surface area contributed by atoms with Crippen LogP contribution < -0.4 is 0 Å². The molecule has 0 atom stereocenters. The van der Waals surface area contributed by atoms with Gasteiger partial charge in [-0.2, -0.15) is 0 Å². The quantitative estimate of drug-likeness (QED) is 0.644. The van der Waals surface area contributed by atoms with E-state index in [4.69, 9.17) is 16.3 Å². The van der Waals surface area contributed by atoms with Crippen LogP contribution in [0.1, 0.15) is 6.42 Å². The maximum Gasteiger partial charge on any atom is 0.133 e. The molecule has 0 aromatic heterocycles. The number of allylic oxidation sites excluding steroid dienone is 3. The van der Waals surface area contributed by atoms with Crippen LogP contribution in [0.15, 0.2) is 35.2 Å². The Bertz CT molecular complexity index is 256. The highest BCUT2D eigenvalue weighted by Crippen LogP contribution is 2.17. The van der Waals surface area contributed by atoms with Gasteiger partial charge in [-0.3, -0.25) is 0 Å². The molecule has 0 aliphatic carbocycles. The van der Waals surface area contributed by atoms with Gasteiger partial charge in [0.1, 0.15) is 5.76 Å². The largest absolute Gasteiger partial charge is 0.496 e. The third kappa shape index (κ3) is 3.15. The van der Waals surface area contributed by atoms with Crippen LogP contribution in [0.5, 0.6) is 0 Å². The Balaban J connectivity index is 2.81. The molecule has 0 N–H and O–H groups in total. The summed E-state index contributed by atoms with van der Waals surface area (Å²) in [6.07, 6.45) is 8.70. The molecule has 72 valence electrons. The number of nitrogens with zero attached hydrogens (tertiary/aromatic N) is 1. The first-order valence-electron chi connectivity index (χ1n) is 4.20. The van der Waals surface area contributed by atoms with Crippen LogP contribution in [0.4, 0.5) is 0 Å². The van der Waals surface area contributed by atoms with Gasteiger partial charge in [-0.15, -0.1) is 0 Å². The minimum Gasteiger partial charge on any atom is -0.496 e. The monoisotopic (exact) mass is 199 g/mol. The molecular weight excluding hydrogens is 186 g/mol. The van der Waals surface area contributed by atoms with Crippen molar-refractivity contribution in [2.75, 3.05) is 20.7 Å². The minimum absolute atomic E-state index is 0.722. The van der Waals surface area contributed by atoms with Crippen molar-refractivity contribution in [2.45, 2.75) is 6.42 Å². The number of ether oxygens (including phenoxy) is 1. The Morgan fingerprint density at radius 2 is 2.23 bits per heavy atom. The molecule has 1 aliphatic rings. The third-order valence-electron chi connectivity index (χ3n) is 1.81. The predicted octanol–water partition coefficient (Wildman–Crippen LogP) is 2.49. The van der Waals surface area contributed by atoms with Crippen LogP contribution in [0.2, 0.25) is 0 Å². The van der Waals surface area contributed by atoms with Crippen LogP contribution in [-0.4, -0.2) is 25.6 Å². The van der Waals surface area contributed by atoms with Crippen molar-refractivity contribution in [1.82, 2.24) is 4.90 Å². The summed E-state index contributed by atoms with van der Waals surface area (Å²) in [7, 11) is 3.65. The molecule has 0 unspecified atom stereocenters. The van der Waals surface area contributed by atoms with Gasteiger partial charge in [0.25, 0.3) is 0 Å². The van der Waals surface area contributed by atoms with E-state index < -0.39 is 0 Å². The van der Waals surface area contributed by atoms with Crippen molar-refractivity contribution in [1.29, 1.82) is 0 Å². The van der Waals surface area contributed by atoms with Crippen LogP contribution in [0.25, 0.3) is 0 Å². The molecule has 3 heteroatoms. The second kappa shape index (κ2) is 4.97. The van der Waals surface area contributed by atoms with Crippen molar-refractivity contribution in [3.63, 3.8) is 0 Å². The van der Waals surface area contributed by atoms with E-state index in [-0.39, 0.29) is 0 Å². The third-order valence-corrected chi connectivity index (χ3v) is 2.15. The average Bonchev–Trinajstić information content (AvgIpc) is 2.18. The van der Waals surface area contributed by atoms with Gasteiger partial charge >= 0.3 is 0 Å². The smallest absolute Gasteiger partial charge is 0.133 e. The average molecular weight is 200 g/mol. The van der Waals surface area contributed by atoms with E-state index in [1.807, 2.05) is 31.5 Å². The molecule has 0 bridgehead atoms. The van der Waals surface area contributed by atoms with Gasteiger partial charge in [0.15, 0.2) is 0 Å². The van der Waals surface area contributed by atoms with Crippen LogP contribution in [-0.2, 0) is 4.74 Å². The summed E-state index contributed by atoms with van der Waals surface area (Å²) in [4.78, 5) is 2.08. The summed E-state index contributed by atoms with van der Waals surface area (Å²) in [6.45, 7) is 0.869. The highest BCUT2D eigenvalue weighted by Gasteiger charge is 2.01. The first-order chi connectivity index (χ1) is 6.24. The summed E-state index contributed by atoms with van der Waals surface area (Å²) >= 11 is 6.01. The second-order valence-electron chi connectivity index (χ2n) is 2.90.